The van der Waals surface area contributed by atoms with E-state index in [1.54, 1.807) is 0 Å². The fourth-order valence-corrected chi connectivity index (χ4v) is 1.60. The summed E-state index contributed by atoms with van der Waals surface area (Å²) in [4.78, 5) is 0. The minimum absolute atomic E-state index is 0.110. The molecule has 1 saturated heterocycles. The van der Waals surface area contributed by atoms with E-state index in [2.05, 4.69) is 18.3 Å². The molecule has 1 aliphatic heterocycles. The molecular weight excluding hydrogens is 105 g/mol. The monoisotopic (exact) mass is 116 g/mol. The highest BCUT2D eigenvalue weighted by Gasteiger charge is 2.23. The Bertz CT molecular complexity index is 86.1. The lowest BCUT2D eigenvalue weighted by Gasteiger charge is -1.77. The van der Waals surface area contributed by atoms with E-state index in [-0.39, 0.29) is 7.55 Å². The Morgan fingerprint density at radius 1 is 2.00 bits per heavy atom. The van der Waals surface area contributed by atoms with Gasteiger partial charge < -0.3 is 5.32 Å². The van der Waals surface area contributed by atoms with Gasteiger partial charge in [0.2, 0.25) is 0 Å². The van der Waals surface area contributed by atoms with Crippen molar-refractivity contribution in [1.29, 1.82) is 0 Å². The summed E-state index contributed by atoms with van der Waals surface area (Å²) < 4.78 is 0. The van der Waals surface area contributed by atoms with Crippen LogP contribution in [0.25, 0.3) is 0 Å². The molecule has 0 aromatic rings. The summed E-state index contributed by atoms with van der Waals surface area (Å²) in [6.07, 6.45) is 5.26. The lowest BCUT2D eigenvalue weighted by Crippen LogP contribution is -1.91. The predicted octanol–water partition coefficient (Wildman–Crippen LogP) is 0.502. The van der Waals surface area contributed by atoms with E-state index in [1.807, 2.05) is 0 Å². The first-order valence-corrected chi connectivity index (χ1v) is 4.70. The van der Waals surface area contributed by atoms with Gasteiger partial charge in [0.05, 0.1) is 26.6 Å². The number of hydrogen-bond donors (Lipinski definition) is 1. The molecule has 1 aliphatic rings. The second kappa shape index (κ2) is 1.94. The molecule has 7 heavy (non-hydrogen) atoms. The van der Waals surface area contributed by atoms with E-state index >= 15 is 0 Å². The Morgan fingerprint density at radius 2 is 2.57 bits per heavy atom. The maximum Gasteiger partial charge on any atom is 0.122 e. The van der Waals surface area contributed by atoms with Crippen LogP contribution in [0, 0.1) is 0 Å². The molecule has 2 heteroatoms. The summed E-state index contributed by atoms with van der Waals surface area (Å²) in [6, 6.07) is 0.841. The lowest BCUT2D eigenvalue weighted by molar-refractivity contribution is 1.10. The highest BCUT2D eigenvalue weighted by Crippen LogP contribution is 2.17. The molecule has 0 aromatic heterocycles. The largest absolute Gasteiger partial charge is 0.307 e. The van der Waals surface area contributed by atoms with Crippen molar-refractivity contribution in [3.8, 4) is 0 Å². The Labute approximate surface area is 45.5 Å². The molecule has 0 amide bonds. The average Bonchev–Trinajstić information content (AvgIpc) is 2.17. The van der Waals surface area contributed by atoms with Crippen molar-refractivity contribution < 1.29 is 0 Å². The number of nitrogens with one attached hydrogen (secondary N) is 1. The van der Waals surface area contributed by atoms with Crippen molar-refractivity contribution in [2.24, 2.45) is 0 Å². The molecule has 0 saturated carbocycles. The Hall–Kier alpha value is 0.130. The van der Waals surface area contributed by atoms with Crippen LogP contribution in [-0.2, 0) is 0 Å². The van der Waals surface area contributed by atoms with E-state index in [9.17, 15) is 0 Å². The molecule has 0 spiro atoms. The van der Waals surface area contributed by atoms with Gasteiger partial charge >= 0.3 is 0 Å². The molecule has 1 fully saturated rings. The lowest BCUT2D eigenvalue weighted by atomic mass is 10.6. The van der Waals surface area contributed by atoms with Crippen molar-refractivity contribution in [2.75, 3.05) is 19.4 Å². The van der Waals surface area contributed by atoms with Gasteiger partial charge in [-0.15, -0.1) is 0 Å². The van der Waals surface area contributed by atoms with Crippen LogP contribution in [0.4, 0.5) is 0 Å². The summed E-state index contributed by atoms with van der Waals surface area (Å²) in [6.45, 7) is 3.46. The first-order chi connectivity index (χ1) is 3.29. The van der Waals surface area contributed by atoms with E-state index in [1.165, 1.54) is 12.7 Å². The van der Waals surface area contributed by atoms with Gasteiger partial charge in [-0.25, -0.2) is 0 Å². The quantitative estimate of drug-likeness (QED) is 0.412. The molecule has 0 radical (unpaired) electrons. The predicted molar refractivity (Wildman–Crippen MR) is 36.6 cm³/mol. The molecular formula is C5H11NP+. The van der Waals surface area contributed by atoms with Crippen LogP contribution in [0.15, 0.2) is 0 Å². The van der Waals surface area contributed by atoms with Crippen LogP contribution in [-0.4, -0.2) is 31.7 Å². The molecule has 0 aromatic carbocycles. The number of hydrogen-bond acceptors (Lipinski definition) is 1. The molecule has 1 heterocycles. The maximum absolute atomic E-state index is 3.94. The molecule has 1 nitrogen and oxygen atoms in total. The maximum atomic E-state index is 3.94. The summed E-state index contributed by atoms with van der Waals surface area (Å²) in [5.41, 5.74) is 0. The third-order valence-corrected chi connectivity index (χ3v) is 2.09. The third-order valence-electron chi connectivity index (χ3n) is 1.02. The van der Waals surface area contributed by atoms with Crippen molar-refractivity contribution in [2.45, 2.75) is 6.04 Å². The SMILES string of the molecule is C=[P+](C)CC1CN1. The van der Waals surface area contributed by atoms with E-state index < -0.39 is 0 Å². The smallest absolute Gasteiger partial charge is 0.122 e. The van der Waals surface area contributed by atoms with Crippen molar-refractivity contribution in [3.63, 3.8) is 0 Å². The van der Waals surface area contributed by atoms with E-state index in [4.69, 9.17) is 0 Å². The van der Waals surface area contributed by atoms with Crippen molar-refractivity contribution in [1.82, 2.24) is 5.32 Å². The molecule has 40 valence electrons. The van der Waals surface area contributed by atoms with Gasteiger partial charge in [0.25, 0.3) is 0 Å². The zero-order valence-electron chi connectivity index (χ0n) is 4.65. The summed E-state index contributed by atoms with van der Waals surface area (Å²) in [5, 5.41) is 3.24. The van der Waals surface area contributed by atoms with Crippen LogP contribution in [0.3, 0.4) is 0 Å². The molecule has 0 bridgehead atoms. The molecule has 1 rings (SSSR count). The van der Waals surface area contributed by atoms with Crippen molar-refractivity contribution >= 4 is 13.8 Å². The highest BCUT2D eigenvalue weighted by molar-refractivity contribution is 7.55. The zero-order chi connectivity index (χ0) is 5.28. The fourth-order valence-electron chi connectivity index (χ4n) is 0.589. The zero-order valence-corrected chi connectivity index (χ0v) is 5.54. The van der Waals surface area contributed by atoms with Gasteiger partial charge in [0, 0.05) is 6.54 Å². The van der Waals surface area contributed by atoms with Crippen LogP contribution in [0.2, 0.25) is 0 Å². The second-order valence-corrected chi connectivity index (χ2v) is 4.22. The average molecular weight is 116 g/mol. The summed E-state index contributed by atoms with van der Waals surface area (Å²) in [7, 11) is 0.110. The van der Waals surface area contributed by atoms with E-state index in [0.29, 0.717) is 0 Å². The number of rotatable bonds is 2. The molecule has 2 atom stereocenters. The summed E-state index contributed by atoms with van der Waals surface area (Å²) in [5.74, 6) is 0. The summed E-state index contributed by atoms with van der Waals surface area (Å²) >= 11 is 0. The fraction of sp³-hybridized carbons (Fsp3) is 0.800. The van der Waals surface area contributed by atoms with Gasteiger partial charge in [-0.3, -0.25) is 0 Å². The van der Waals surface area contributed by atoms with Crippen LogP contribution in [0.1, 0.15) is 0 Å². The second-order valence-electron chi connectivity index (χ2n) is 2.14. The van der Waals surface area contributed by atoms with Crippen LogP contribution < -0.4 is 5.32 Å². The highest BCUT2D eigenvalue weighted by atomic mass is 31.1. The normalized spacial score (nSPS) is 29.9. The van der Waals surface area contributed by atoms with Gasteiger partial charge in [0.15, 0.2) is 0 Å². The van der Waals surface area contributed by atoms with Crippen molar-refractivity contribution in [3.05, 3.63) is 0 Å². The minimum atomic E-state index is 0.110. The molecule has 1 N–H and O–H groups in total. The molecule has 2 unspecified atom stereocenters. The topological polar surface area (TPSA) is 21.9 Å². The van der Waals surface area contributed by atoms with E-state index in [0.717, 1.165) is 6.04 Å². The standard InChI is InChI=1S/C5H11NP/c1-7(2)4-5-3-6-5/h5-6H,1,3-4H2,2H3/q+1. The first-order valence-electron chi connectivity index (χ1n) is 2.54. The first kappa shape index (κ1) is 5.27. The van der Waals surface area contributed by atoms with Gasteiger partial charge in [-0.05, 0) is 0 Å². The van der Waals surface area contributed by atoms with Gasteiger partial charge in [-0.1, -0.05) is 0 Å². The third kappa shape index (κ3) is 2.06. The van der Waals surface area contributed by atoms with Gasteiger partial charge in [0.1, 0.15) is 6.16 Å². The molecule has 0 aliphatic carbocycles. The van der Waals surface area contributed by atoms with Crippen LogP contribution >= 0.6 is 7.55 Å². The van der Waals surface area contributed by atoms with Gasteiger partial charge in [-0.2, -0.15) is 0 Å². The minimum Gasteiger partial charge on any atom is -0.307 e. The van der Waals surface area contributed by atoms with Crippen LogP contribution in [0.5, 0.6) is 0 Å². The Balaban J connectivity index is 2.08. The Morgan fingerprint density at radius 3 is 2.71 bits per heavy atom. The Kier molecular flexibility index (Phi) is 1.46.